The van der Waals surface area contributed by atoms with Crippen molar-refractivity contribution in [3.05, 3.63) is 125 Å². The van der Waals surface area contributed by atoms with E-state index in [1.807, 2.05) is 60.7 Å². The summed E-state index contributed by atoms with van der Waals surface area (Å²) in [6.07, 6.45) is -0.625. The van der Waals surface area contributed by atoms with Crippen LogP contribution in [0.4, 0.5) is 0 Å². The molecule has 0 saturated carbocycles. The molecule has 0 amide bonds. The zero-order chi connectivity index (χ0) is 21.5. The van der Waals surface area contributed by atoms with Crippen LogP contribution < -0.4 is 14.2 Å². The first-order chi connectivity index (χ1) is 15.2. The van der Waals surface area contributed by atoms with Crippen molar-refractivity contribution in [3.63, 3.8) is 0 Å². The van der Waals surface area contributed by atoms with Crippen LogP contribution >= 0.6 is 15.9 Å². The summed E-state index contributed by atoms with van der Waals surface area (Å²) in [4.78, 5) is 12.3. The minimum Gasteiger partial charge on any atom is -0.451 e. The van der Waals surface area contributed by atoms with Crippen molar-refractivity contribution in [1.29, 1.82) is 0 Å². The van der Waals surface area contributed by atoms with Gasteiger partial charge in [0.2, 0.25) is 0 Å². The van der Waals surface area contributed by atoms with Crippen LogP contribution in [0.2, 0.25) is 0 Å². The number of hydrogen-bond donors (Lipinski definition) is 0. The molecule has 0 saturated heterocycles. The summed E-state index contributed by atoms with van der Waals surface area (Å²) in [5.74, 6) is 1.31. The molecule has 154 valence electrons. The van der Waals surface area contributed by atoms with Gasteiger partial charge in [0.15, 0.2) is 0 Å². The number of ether oxygens (including phenoxy) is 3. The maximum Gasteiger partial charge on any atom is 0.343 e. The second-order valence-electron chi connectivity index (χ2n) is 6.66. The fraction of sp³-hybridized carbons (Fsp3) is 0.0385. The van der Waals surface area contributed by atoms with Gasteiger partial charge in [-0.15, -0.1) is 0 Å². The fourth-order valence-corrected chi connectivity index (χ4v) is 3.12. The molecule has 0 aliphatic heterocycles. The van der Waals surface area contributed by atoms with Gasteiger partial charge in [0.25, 0.3) is 6.29 Å². The molecule has 0 heterocycles. The predicted octanol–water partition coefficient (Wildman–Crippen LogP) is 6.82. The molecule has 0 bridgehead atoms. The van der Waals surface area contributed by atoms with Gasteiger partial charge < -0.3 is 14.2 Å². The zero-order valence-electron chi connectivity index (χ0n) is 16.5. The van der Waals surface area contributed by atoms with Crippen molar-refractivity contribution < 1.29 is 19.0 Å². The summed E-state index contributed by atoms with van der Waals surface area (Å²) in [6, 6.07) is 33.1. The lowest BCUT2D eigenvalue weighted by Crippen LogP contribution is -2.15. The lowest BCUT2D eigenvalue weighted by atomic mass is 10.2. The van der Waals surface area contributed by atoms with Crippen LogP contribution in [0.25, 0.3) is 0 Å². The number of esters is 1. The Balaban J connectivity index is 1.46. The van der Waals surface area contributed by atoms with Gasteiger partial charge in [0.1, 0.15) is 17.2 Å². The topological polar surface area (TPSA) is 44.8 Å². The van der Waals surface area contributed by atoms with Crippen LogP contribution in [-0.2, 0) is 0 Å². The molecule has 31 heavy (non-hydrogen) atoms. The van der Waals surface area contributed by atoms with Crippen LogP contribution in [0, 0.1) is 0 Å². The third-order valence-corrected chi connectivity index (χ3v) is 4.94. The lowest BCUT2D eigenvalue weighted by molar-refractivity contribution is 0.00376. The molecule has 0 spiro atoms. The van der Waals surface area contributed by atoms with Crippen LogP contribution in [0.5, 0.6) is 17.2 Å². The minimum absolute atomic E-state index is 0.421. The molecule has 0 N–H and O–H groups in total. The first-order valence-corrected chi connectivity index (χ1v) is 10.5. The molecule has 0 aliphatic rings. The number of halogens is 1. The van der Waals surface area contributed by atoms with Gasteiger partial charge >= 0.3 is 5.97 Å². The number of carbonyl (C=O) groups is 1. The minimum atomic E-state index is -0.625. The largest absolute Gasteiger partial charge is 0.451 e. The van der Waals surface area contributed by atoms with Crippen LogP contribution in [-0.4, -0.2) is 5.97 Å². The second kappa shape index (κ2) is 9.96. The van der Waals surface area contributed by atoms with Crippen LogP contribution in [0.15, 0.2) is 114 Å². The van der Waals surface area contributed by atoms with E-state index in [0.717, 1.165) is 10.0 Å². The maximum atomic E-state index is 12.3. The zero-order valence-corrected chi connectivity index (χ0v) is 18.1. The number of para-hydroxylation sites is 1. The molecule has 5 heteroatoms. The van der Waals surface area contributed by atoms with Gasteiger partial charge in [-0.05, 0) is 60.7 Å². The summed E-state index contributed by atoms with van der Waals surface area (Å²) >= 11 is 3.35. The molecule has 4 nitrogen and oxygen atoms in total. The number of rotatable bonds is 7. The highest BCUT2D eigenvalue weighted by atomic mass is 79.9. The Morgan fingerprint density at radius 3 is 1.74 bits per heavy atom. The average molecular weight is 475 g/mol. The molecular formula is C26H19BrO4. The van der Waals surface area contributed by atoms with E-state index in [9.17, 15) is 4.79 Å². The highest BCUT2D eigenvalue weighted by Gasteiger charge is 2.16. The first-order valence-electron chi connectivity index (χ1n) is 9.68. The van der Waals surface area contributed by atoms with E-state index in [1.54, 1.807) is 48.5 Å². The Morgan fingerprint density at radius 2 is 1.13 bits per heavy atom. The third-order valence-electron chi connectivity index (χ3n) is 4.42. The van der Waals surface area contributed by atoms with E-state index in [0.29, 0.717) is 22.8 Å². The van der Waals surface area contributed by atoms with E-state index in [4.69, 9.17) is 14.2 Å². The summed E-state index contributed by atoms with van der Waals surface area (Å²) in [7, 11) is 0. The Bertz CT molecular complexity index is 1110. The third kappa shape index (κ3) is 5.74. The quantitative estimate of drug-likeness (QED) is 0.167. The normalized spacial score (nSPS) is 11.4. The van der Waals surface area contributed by atoms with Gasteiger partial charge in [-0.25, -0.2) is 4.79 Å². The van der Waals surface area contributed by atoms with E-state index in [1.165, 1.54) is 0 Å². The molecule has 0 fully saturated rings. The Kier molecular flexibility index (Phi) is 6.65. The Labute approximate surface area is 189 Å². The first kappa shape index (κ1) is 20.7. The van der Waals surface area contributed by atoms with Gasteiger partial charge in [-0.3, -0.25) is 0 Å². The summed E-state index contributed by atoms with van der Waals surface area (Å²) in [6.45, 7) is 0. The predicted molar refractivity (Wildman–Crippen MR) is 122 cm³/mol. The standard InChI is InChI=1S/C26H19BrO4/c27-21-13-11-19(12-14-21)25(28)29-23-15-17-24(18-16-23)31-26(20-7-3-1-4-8-20)30-22-9-5-2-6-10-22/h1-18,26H. The molecule has 1 atom stereocenters. The van der Waals surface area contributed by atoms with Gasteiger partial charge in [0, 0.05) is 10.0 Å². The molecular weight excluding hydrogens is 456 g/mol. The lowest BCUT2D eigenvalue weighted by Gasteiger charge is -2.21. The Morgan fingerprint density at radius 1 is 0.613 bits per heavy atom. The van der Waals surface area contributed by atoms with Gasteiger partial charge in [-0.2, -0.15) is 0 Å². The fourth-order valence-electron chi connectivity index (χ4n) is 2.85. The summed E-state index contributed by atoms with van der Waals surface area (Å²) < 4.78 is 18.5. The van der Waals surface area contributed by atoms with Crippen molar-refractivity contribution in [1.82, 2.24) is 0 Å². The molecule has 0 aliphatic carbocycles. The number of carbonyl (C=O) groups excluding carboxylic acids is 1. The molecule has 4 rings (SSSR count). The molecule has 0 radical (unpaired) electrons. The van der Waals surface area contributed by atoms with Crippen molar-refractivity contribution in [3.8, 4) is 17.2 Å². The number of hydrogen-bond acceptors (Lipinski definition) is 4. The maximum absolute atomic E-state index is 12.3. The van der Waals surface area contributed by atoms with Gasteiger partial charge in [-0.1, -0.05) is 64.5 Å². The van der Waals surface area contributed by atoms with E-state index >= 15 is 0 Å². The van der Waals surface area contributed by atoms with Crippen LogP contribution in [0.1, 0.15) is 22.2 Å². The smallest absolute Gasteiger partial charge is 0.343 e. The van der Waals surface area contributed by atoms with E-state index in [2.05, 4.69) is 15.9 Å². The molecule has 4 aromatic rings. The van der Waals surface area contributed by atoms with Gasteiger partial charge in [0.05, 0.1) is 5.56 Å². The number of benzene rings is 4. The van der Waals surface area contributed by atoms with Crippen molar-refractivity contribution in [2.24, 2.45) is 0 Å². The van der Waals surface area contributed by atoms with Crippen LogP contribution in [0.3, 0.4) is 0 Å². The molecule has 4 aromatic carbocycles. The monoisotopic (exact) mass is 474 g/mol. The average Bonchev–Trinajstić information content (AvgIpc) is 2.81. The highest BCUT2D eigenvalue weighted by Crippen LogP contribution is 2.27. The molecule has 1 unspecified atom stereocenters. The van der Waals surface area contributed by atoms with Crippen molar-refractivity contribution >= 4 is 21.9 Å². The Hall–Kier alpha value is -3.57. The second-order valence-corrected chi connectivity index (χ2v) is 7.57. The highest BCUT2D eigenvalue weighted by molar-refractivity contribution is 9.10. The van der Waals surface area contributed by atoms with Crippen molar-refractivity contribution in [2.45, 2.75) is 6.29 Å². The summed E-state index contributed by atoms with van der Waals surface area (Å²) in [5, 5.41) is 0. The van der Waals surface area contributed by atoms with E-state index in [-0.39, 0.29) is 0 Å². The van der Waals surface area contributed by atoms with Crippen molar-refractivity contribution in [2.75, 3.05) is 0 Å². The van der Waals surface area contributed by atoms with E-state index < -0.39 is 12.3 Å². The summed E-state index contributed by atoms with van der Waals surface area (Å²) in [5.41, 5.74) is 1.36. The molecule has 0 aromatic heterocycles. The SMILES string of the molecule is O=C(Oc1ccc(OC(Oc2ccccc2)c2ccccc2)cc1)c1ccc(Br)cc1.